The maximum absolute atomic E-state index is 7.13. The van der Waals surface area contributed by atoms with Crippen LogP contribution in [0, 0.1) is 5.41 Å². The smallest absolute Gasteiger partial charge is 0.239 e. The fourth-order valence-corrected chi connectivity index (χ4v) is 0.411. The first-order chi connectivity index (χ1) is 5.07. The molecule has 0 aliphatic rings. The molecule has 0 aliphatic heterocycles. The highest BCUT2D eigenvalue weighted by atomic mass is 15.5. The fraction of sp³-hybridized carbons (Fsp3) is 0.200. The van der Waals surface area contributed by atoms with Crippen molar-refractivity contribution in [2.24, 2.45) is 22.3 Å². The Hall–Kier alpha value is -1.56. The number of hydrazine groups is 1. The van der Waals surface area contributed by atoms with Crippen LogP contribution in [0.4, 0.5) is 0 Å². The molecule has 0 radical (unpaired) electrons. The molecular formula is C5H12N6. The van der Waals surface area contributed by atoms with Crippen molar-refractivity contribution in [1.29, 1.82) is 5.41 Å². The summed E-state index contributed by atoms with van der Waals surface area (Å²) in [6.07, 6.45) is 3.13. The number of guanidine groups is 2. The first-order valence-corrected chi connectivity index (χ1v) is 2.93. The molecular weight excluding hydrogens is 144 g/mol. The molecule has 0 aromatic carbocycles. The normalized spacial score (nSPS) is 9.64. The molecule has 0 saturated carbocycles. The standard InChI is InChI=1S/C5H12N6/c1-2-3-11(9)5(8)10-4(6)7/h2-3H,9H2,1H3,(H5,6,7,8,10). The molecule has 0 amide bonds. The molecule has 0 fully saturated rings. The van der Waals surface area contributed by atoms with Gasteiger partial charge in [0.05, 0.1) is 0 Å². The molecule has 0 unspecified atom stereocenters. The van der Waals surface area contributed by atoms with Crippen molar-refractivity contribution in [1.82, 2.24) is 5.01 Å². The van der Waals surface area contributed by atoms with E-state index < -0.39 is 0 Å². The monoisotopic (exact) mass is 156 g/mol. The number of allylic oxidation sites excluding steroid dienone is 1. The second-order valence-corrected chi connectivity index (χ2v) is 1.75. The van der Waals surface area contributed by atoms with Crippen LogP contribution in [0.1, 0.15) is 6.92 Å². The number of nitrogens with zero attached hydrogens (tertiary/aromatic N) is 2. The number of hydrogen-bond acceptors (Lipinski definition) is 2. The van der Waals surface area contributed by atoms with Crippen molar-refractivity contribution < 1.29 is 0 Å². The lowest BCUT2D eigenvalue weighted by Crippen LogP contribution is -2.34. The van der Waals surface area contributed by atoms with E-state index in [1.165, 1.54) is 6.20 Å². The number of aliphatic imine (C=N–C) groups is 1. The maximum atomic E-state index is 7.13. The summed E-state index contributed by atoms with van der Waals surface area (Å²) in [5.41, 5.74) is 10.0. The van der Waals surface area contributed by atoms with Crippen molar-refractivity contribution in [2.45, 2.75) is 6.92 Å². The van der Waals surface area contributed by atoms with Gasteiger partial charge in [-0.3, -0.25) is 10.4 Å². The maximum Gasteiger partial charge on any atom is 0.239 e. The van der Waals surface area contributed by atoms with Crippen molar-refractivity contribution >= 4 is 11.9 Å². The summed E-state index contributed by atoms with van der Waals surface area (Å²) in [5.74, 6) is 4.89. The summed E-state index contributed by atoms with van der Waals surface area (Å²) >= 11 is 0. The van der Waals surface area contributed by atoms with Crippen LogP contribution in [0.25, 0.3) is 0 Å². The third-order valence-corrected chi connectivity index (χ3v) is 0.789. The third kappa shape index (κ3) is 3.93. The summed E-state index contributed by atoms with van der Waals surface area (Å²) in [6.45, 7) is 1.77. The molecule has 6 heteroatoms. The third-order valence-electron chi connectivity index (χ3n) is 0.789. The summed E-state index contributed by atoms with van der Waals surface area (Å²) in [5, 5.41) is 8.13. The van der Waals surface area contributed by atoms with Gasteiger partial charge in [-0.1, -0.05) is 6.08 Å². The molecule has 0 aromatic heterocycles. The molecule has 0 rings (SSSR count). The lowest BCUT2D eigenvalue weighted by molar-refractivity contribution is 0.583. The van der Waals surface area contributed by atoms with Crippen LogP contribution in [-0.2, 0) is 0 Å². The van der Waals surface area contributed by atoms with Gasteiger partial charge in [-0.05, 0) is 6.92 Å². The molecule has 0 atom stereocenters. The van der Waals surface area contributed by atoms with Gasteiger partial charge in [0, 0.05) is 6.20 Å². The van der Waals surface area contributed by atoms with E-state index >= 15 is 0 Å². The number of rotatable bonds is 1. The minimum atomic E-state index is -0.205. The minimum absolute atomic E-state index is 0.185. The summed E-state index contributed by atoms with van der Waals surface area (Å²) in [7, 11) is 0. The summed E-state index contributed by atoms with van der Waals surface area (Å²) in [4.78, 5) is 3.40. The van der Waals surface area contributed by atoms with E-state index in [1.807, 2.05) is 0 Å². The Morgan fingerprint density at radius 3 is 2.45 bits per heavy atom. The van der Waals surface area contributed by atoms with Crippen LogP contribution >= 0.6 is 0 Å². The Morgan fingerprint density at radius 1 is 1.55 bits per heavy atom. The SMILES string of the molecule is CC=CN(N)C(=N)N=C(N)N. The molecule has 0 aromatic rings. The highest BCUT2D eigenvalue weighted by Crippen LogP contribution is 1.83. The fourth-order valence-electron chi connectivity index (χ4n) is 0.411. The molecule has 62 valence electrons. The molecule has 11 heavy (non-hydrogen) atoms. The Balaban J connectivity index is 4.15. The number of hydrogen-bond donors (Lipinski definition) is 4. The van der Waals surface area contributed by atoms with Gasteiger partial charge in [-0.25, -0.2) is 5.84 Å². The van der Waals surface area contributed by atoms with Crippen LogP contribution in [0.2, 0.25) is 0 Å². The Labute approximate surface area is 64.8 Å². The van der Waals surface area contributed by atoms with E-state index in [4.69, 9.17) is 22.7 Å². The largest absolute Gasteiger partial charge is 0.370 e. The first kappa shape index (κ1) is 9.44. The number of nitrogens with one attached hydrogen (secondary N) is 1. The lowest BCUT2D eigenvalue weighted by Gasteiger charge is -2.09. The Bertz CT molecular complexity index is 189. The lowest BCUT2D eigenvalue weighted by atomic mass is 10.7. The number of nitrogens with two attached hydrogens (primary N) is 3. The zero-order chi connectivity index (χ0) is 8.85. The predicted molar refractivity (Wildman–Crippen MR) is 44.4 cm³/mol. The van der Waals surface area contributed by atoms with E-state index in [0.29, 0.717) is 0 Å². The average Bonchev–Trinajstić information content (AvgIpc) is 1.86. The second-order valence-electron chi connectivity index (χ2n) is 1.75. The van der Waals surface area contributed by atoms with Gasteiger partial charge in [0.15, 0.2) is 5.96 Å². The van der Waals surface area contributed by atoms with E-state index in [-0.39, 0.29) is 11.9 Å². The van der Waals surface area contributed by atoms with Gasteiger partial charge in [-0.15, -0.1) is 0 Å². The average molecular weight is 156 g/mol. The van der Waals surface area contributed by atoms with Crippen molar-refractivity contribution in [3.05, 3.63) is 12.3 Å². The Morgan fingerprint density at radius 2 is 2.09 bits per heavy atom. The molecule has 6 nitrogen and oxygen atoms in total. The van der Waals surface area contributed by atoms with E-state index in [0.717, 1.165) is 5.01 Å². The van der Waals surface area contributed by atoms with E-state index in [9.17, 15) is 0 Å². The minimum Gasteiger partial charge on any atom is -0.370 e. The van der Waals surface area contributed by atoms with E-state index in [1.54, 1.807) is 13.0 Å². The van der Waals surface area contributed by atoms with Crippen molar-refractivity contribution in [3.63, 3.8) is 0 Å². The topological polar surface area (TPSA) is 118 Å². The molecule has 0 bridgehead atoms. The van der Waals surface area contributed by atoms with Gasteiger partial charge in [0.25, 0.3) is 0 Å². The molecule has 7 N–H and O–H groups in total. The highest BCUT2D eigenvalue weighted by molar-refractivity contribution is 5.91. The van der Waals surface area contributed by atoms with Crippen LogP contribution in [0.15, 0.2) is 17.3 Å². The highest BCUT2D eigenvalue weighted by Gasteiger charge is 1.97. The predicted octanol–water partition coefficient (Wildman–Crippen LogP) is -1.10. The van der Waals surface area contributed by atoms with Crippen LogP contribution in [-0.4, -0.2) is 16.9 Å². The molecule has 0 heterocycles. The van der Waals surface area contributed by atoms with Gasteiger partial charge in [0.2, 0.25) is 5.96 Å². The molecule has 0 saturated heterocycles. The Kier molecular flexibility index (Phi) is 3.68. The summed E-state index contributed by atoms with van der Waals surface area (Å²) < 4.78 is 0. The van der Waals surface area contributed by atoms with E-state index in [2.05, 4.69) is 4.99 Å². The van der Waals surface area contributed by atoms with Gasteiger partial charge < -0.3 is 11.5 Å². The molecule has 0 aliphatic carbocycles. The van der Waals surface area contributed by atoms with Crippen molar-refractivity contribution in [3.8, 4) is 0 Å². The van der Waals surface area contributed by atoms with Crippen molar-refractivity contribution in [2.75, 3.05) is 0 Å². The van der Waals surface area contributed by atoms with Gasteiger partial charge in [0.1, 0.15) is 0 Å². The van der Waals surface area contributed by atoms with Crippen LogP contribution < -0.4 is 17.3 Å². The second kappa shape index (κ2) is 4.29. The first-order valence-electron chi connectivity index (χ1n) is 2.93. The van der Waals surface area contributed by atoms with Crippen LogP contribution in [0.3, 0.4) is 0 Å². The zero-order valence-corrected chi connectivity index (χ0v) is 6.28. The van der Waals surface area contributed by atoms with Crippen LogP contribution in [0.5, 0.6) is 0 Å². The quantitative estimate of drug-likeness (QED) is 0.167. The zero-order valence-electron chi connectivity index (χ0n) is 6.28. The summed E-state index contributed by atoms with van der Waals surface area (Å²) in [6, 6.07) is 0. The molecule has 0 spiro atoms. The van der Waals surface area contributed by atoms with Gasteiger partial charge >= 0.3 is 0 Å². The van der Waals surface area contributed by atoms with Gasteiger partial charge in [-0.2, -0.15) is 4.99 Å².